The Morgan fingerprint density at radius 3 is 1.97 bits per heavy atom. The van der Waals surface area contributed by atoms with E-state index in [-0.39, 0.29) is 17.1 Å². The molecule has 162 valence electrons. The summed E-state index contributed by atoms with van der Waals surface area (Å²) in [6.45, 7) is 7.34. The lowest BCUT2D eigenvalue weighted by molar-refractivity contribution is -0.137. The van der Waals surface area contributed by atoms with E-state index in [0.29, 0.717) is 23.0 Å². The van der Waals surface area contributed by atoms with Crippen LogP contribution >= 0.6 is 0 Å². The molecule has 0 aliphatic heterocycles. The molecule has 3 rings (SSSR count). The van der Waals surface area contributed by atoms with Crippen molar-refractivity contribution in [3.8, 4) is 22.6 Å². The zero-order valence-electron chi connectivity index (χ0n) is 17.5. The number of alkyl halides is 3. The number of ether oxygens (including phenoxy) is 1. The lowest BCUT2D eigenvalue weighted by Gasteiger charge is -2.19. The van der Waals surface area contributed by atoms with Gasteiger partial charge in [0.2, 0.25) is 5.91 Å². The number of aromatic nitrogens is 2. The molecule has 0 bridgehead atoms. The molecule has 0 radical (unpaired) electrons. The van der Waals surface area contributed by atoms with Gasteiger partial charge in [0.05, 0.1) is 5.56 Å². The Morgan fingerprint density at radius 1 is 0.935 bits per heavy atom. The molecule has 8 heteroatoms. The van der Waals surface area contributed by atoms with Crippen LogP contribution in [-0.2, 0) is 16.4 Å². The van der Waals surface area contributed by atoms with Gasteiger partial charge in [-0.15, -0.1) is 0 Å². The van der Waals surface area contributed by atoms with Gasteiger partial charge in [0, 0.05) is 24.1 Å². The third-order valence-electron chi connectivity index (χ3n) is 4.34. The fourth-order valence-electron chi connectivity index (χ4n) is 2.77. The van der Waals surface area contributed by atoms with Crippen LogP contribution in [0.25, 0.3) is 11.1 Å². The van der Waals surface area contributed by atoms with Gasteiger partial charge < -0.3 is 10.1 Å². The maximum absolute atomic E-state index is 12.7. The molecule has 0 atom stereocenters. The Bertz CT molecular complexity index is 1070. The first kappa shape index (κ1) is 22.3. The van der Waals surface area contributed by atoms with Crippen LogP contribution in [0.2, 0.25) is 0 Å². The number of carbonyl (C=O) groups excluding carboxylic acids is 1. The number of hydrogen-bond donors (Lipinski definition) is 1. The van der Waals surface area contributed by atoms with Gasteiger partial charge in [-0.25, -0.2) is 9.97 Å². The third kappa shape index (κ3) is 5.59. The topological polar surface area (TPSA) is 64.1 Å². The largest absolute Gasteiger partial charge is 0.457 e. The van der Waals surface area contributed by atoms with Gasteiger partial charge in [-0.05, 0) is 42.0 Å². The number of carbonyl (C=O) groups is 1. The molecule has 0 spiro atoms. The molecule has 0 saturated carbocycles. The first-order valence-corrected chi connectivity index (χ1v) is 9.54. The molecule has 1 heterocycles. The van der Waals surface area contributed by atoms with Crippen molar-refractivity contribution in [2.45, 2.75) is 39.3 Å². The molecule has 1 amide bonds. The van der Waals surface area contributed by atoms with Crippen LogP contribution in [0.3, 0.4) is 0 Å². The van der Waals surface area contributed by atoms with Crippen LogP contribution in [0.15, 0.2) is 54.7 Å². The van der Waals surface area contributed by atoms with Crippen molar-refractivity contribution in [3.63, 3.8) is 0 Å². The second kappa shape index (κ2) is 8.37. The zero-order valence-corrected chi connectivity index (χ0v) is 17.5. The van der Waals surface area contributed by atoms with E-state index in [0.717, 1.165) is 17.7 Å². The quantitative estimate of drug-likeness (QED) is 0.535. The molecule has 1 aromatic heterocycles. The van der Waals surface area contributed by atoms with Crippen molar-refractivity contribution >= 4 is 11.7 Å². The predicted octanol–water partition coefficient (Wildman–Crippen LogP) is 6.21. The molecule has 0 aliphatic carbocycles. The summed E-state index contributed by atoms with van der Waals surface area (Å²) in [6.07, 6.45) is -2.74. The third-order valence-corrected chi connectivity index (χ3v) is 4.34. The second-order valence-electron chi connectivity index (χ2n) is 8.04. The van der Waals surface area contributed by atoms with Crippen molar-refractivity contribution in [1.82, 2.24) is 9.97 Å². The molecular weight excluding hydrogens is 407 g/mol. The fraction of sp³-hybridized carbons (Fsp3) is 0.261. The molecule has 2 aromatic carbocycles. The van der Waals surface area contributed by atoms with Crippen LogP contribution in [0.1, 0.15) is 39.1 Å². The van der Waals surface area contributed by atoms with E-state index in [1.807, 2.05) is 20.8 Å². The number of anilines is 1. The van der Waals surface area contributed by atoms with Crippen molar-refractivity contribution in [2.24, 2.45) is 0 Å². The first-order chi connectivity index (χ1) is 14.4. The minimum absolute atomic E-state index is 0.248. The van der Waals surface area contributed by atoms with Crippen LogP contribution in [-0.4, -0.2) is 15.9 Å². The van der Waals surface area contributed by atoms with Gasteiger partial charge in [-0.3, -0.25) is 4.79 Å². The predicted molar refractivity (Wildman–Crippen MR) is 112 cm³/mol. The standard InChI is InChI=1S/C23H22F3N3O2/c1-14(30)28-20-19(13-27-21(29-20)22(2,3)4)15-5-9-17(10-6-15)31-18-11-7-16(8-12-18)23(24,25)26/h5-13H,1-4H3,(H,27,28,29,30). The van der Waals surface area contributed by atoms with Gasteiger partial charge in [-0.1, -0.05) is 32.9 Å². The highest BCUT2D eigenvalue weighted by Crippen LogP contribution is 2.33. The molecule has 0 fully saturated rings. The molecule has 1 N–H and O–H groups in total. The van der Waals surface area contributed by atoms with E-state index in [1.165, 1.54) is 19.1 Å². The van der Waals surface area contributed by atoms with Crippen LogP contribution in [0, 0.1) is 0 Å². The van der Waals surface area contributed by atoms with Crippen LogP contribution < -0.4 is 10.1 Å². The van der Waals surface area contributed by atoms with E-state index in [9.17, 15) is 18.0 Å². The molecule has 0 aliphatic rings. The van der Waals surface area contributed by atoms with Gasteiger partial charge in [0.1, 0.15) is 23.1 Å². The molecule has 5 nitrogen and oxygen atoms in total. The van der Waals surface area contributed by atoms with Crippen LogP contribution in [0.4, 0.5) is 19.0 Å². The smallest absolute Gasteiger partial charge is 0.416 e. The van der Waals surface area contributed by atoms with E-state index in [2.05, 4.69) is 15.3 Å². The summed E-state index contributed by atoms with van der Waals surface area (Å²) in [5.41, 5.74) is 0.373. The van der Waals surface area contributed by atoms with Crippen molar-refractivity contribution in [3.05, 3.63) is 66.1 Å². The van der Waals surface area contributed by atoms with E-state index in [4.69, 9.17) is 4.74 Å². The van der Waals surface area contributed by atoms with Gasteiger partial charge in [-0.2, -0.15) is 13.2 Å². The summed E-state index contributed by atoms with van der Waals surface area (Å²) < 4.78 is 43.7. The first-order valence-electron chi connectivity index (χ1n) is 9.54. The average molecular weight is 429 g/mol. The van der Waals surface area contributed by atoms with Gasteiger partial charge >= 0.3 is 6.18 Å². The fourth-order valence-corrected chi connectivity index (χ4v) is 2.77. The SMILES string of the molecule is CC(=O)Nc1nc(C(C)(C)C)ncc1-c1ccc(Oc2ccc(C(F)(F)F)cc2)cc1. The second-order valence-corrected chi connectivity index (χ2v) is 8.04. The molecule has 31 heavy (non-hydrogen) atoms. The normalized spacial score (nSPS) is 11.8. The van der Waals surface area contributed by atoms with E-state index >= 15 is 0 Å². The minimum Gasteiger partial charge on any atom is -0.457 e. The summed E-state index contributed by atoms with van der Waals surface area (Å²) in [5, 5.41) is 2.74. The lowest BCUT2D eigenvalue weighted by atomic mass is 9.95. The highest BCUT2D eigenvalue weighted by atomic mass is 19.4. The van der Waals surface area contributed by atoms with Gasteiger partial charge in [0.25, 0.3) is 0 Å². The van der Waals surface area contributed by atoms with E-state index < -0.39 is 11.7 Å². The Morgan fingerprint density at radius 2 is 1.48 bits per heavy atom. The number of benzene rings is 2. The van der Waals surface area contributed by atoms with Crippen molar-refractivity contribution in [1.29, 1.82) is 0 Å². The number of halogens is 3. The zero-order chi connectivity index (χ0) is 22.8. The maximum Gasteiger partial charge on any atom is 0.416 e. The number of nitrogens with one attached hydrogen (secondary N) is 1. The number of rotatable bonds is 4. The average Bonchev–Trinajstić information content (AvgIpc) is 2.67. The lowest BCUT2D eigenvalue weighted by Crippen LogP contribution is -2.18. The highest BCUT2D eigenvalue weighted by Gasteiger charge is 2.30. The molecule has 3 aromatic rings. The summed E-state index contributed by atoms with van der Waals surface area (Å²) in [6, 6.07) is 11.4. The Hall–Kier alpha value is -3.42. The molecule has 0 unspecified atom stereocenters. The Kier molecular flexibility index (Phi) is 6.01. The summed E-state index contributed by atoms with van der Waals surface area (Å²) in [5.74, 6) is 1.50. The number of hydrogen-bond acceptors (Lipinski definition) is 4. The highest BCUT2D eigenvalue weighted by molar-refractivity contribution is 5.92. The monoisotopic (exact) mass is 429 g/mol. The summed E-state index contributed by atoms with van der Waals surface area (Å²) >= 11 is 0. The molecular formula is C23H22F3N3O2. The molecule has 0 saturated heterocycles. The van der Waals surface area contributed by atoms with Crippen molar-refractivity contribution in [2.75, 3.05) is 5.32 Å². The van der Waals surface area contributed by atoms with Crippen molar-refractivity contribution < 1.29 is 22.7 Å². The number of nitrogens with zero attached hydrogens (tertiary/aromatic N) is 2. The Labute approximate surface area is 178 Å². The van der Waals surface area contributed by atoms with Gasteiger partial charge in [0.15, 0.2) is 0 Å². The summed E-state index contributed by atoms with van der Waals surface area (Å²) in [4.78, 5) is 20.6. The van der Waals surface area contributed by atoms with Crippen LogP contribution in [0.5, 0.6) is 11.5 Å². The Balaban J connectivity index is 1.84. The maximum atomic E-state index is 12.7. The minimum atomic E-state index is -4.39. The number of amides is 1. The van der Waals surface area contributed by atoms with E-state index in [1.54, 1.807) is 30.5 Å². The summed E-state index contributed by atoms with van der Waals surface area (Å²) in [7, 11) is 0.